The Kier molecular flexibility index (Phi) is 6.80. The molecule has 18 heavy (non-hydrogen) atoms. The summed E-state index contributed by atoms with van der Waals surface area (Å²) in [6.07, 6.45) is 1.20. The molecule has 0 fully saturated rings. The minimum absolute atomic E-state index is 0.630. The van der Waals surface area contributed by atoms with Gasteiger partial charge in [-0.25, -0.2) is 0 Å². The van der Waals surface area contributed by atoms with Crippen LogP contribution in [0.15, 0.2) is 18.2 Å². The van der Waals surface area contributed by atoms with E-state index in [1.165, 1.54) is 23.1 Å². The molecule has 0 saturated carbocycles. The van der Waals surface area contributed by atoms with Crippen LogP contribution in [0, 0.1) is 13.8 Å². The van der Waals surface area contributed by atoms with Gasteiger partial charge >= 0.3 is 0 Å². The van der Waals surface area contributed by atoms with Crippen LogP contribution < -0.4 is 5.32 Å². The van der Waals surface area contributed by atoms with Crippen molar-refractivity contribution in [2.24, 2.45) is 0 Å². The van der Waals surface area contributed by atoms with Gasteiger partial charge in [-0.2, -0.15) is 11.8 Å². The zero-order valence-electron chi connectivity index (χ0n) is 12.4. The maximum Gasteiger partial charge on any atom is 0.0188 e. The third-order valence-electron chi connectivity index (χ3n) is 3.27. The summed E-state index contributed by atoms with van der Waals surface area (Å²) < 4.78 is 0. The first-order chi connectivity index (χ1) is 8.56. The molecular weight excluding hydrogens is 238 g/mol. The van der Waals surface area contributed by atoms with Crippen LogP contribution in [0.5, 0.6) is 0 Å². The lowest BCUT2D eigenvalue weighted by Gasteiger charge is -2.23. The first-order valence-corrected chi connectivity index (χ1v) is 8.03. The highest BCUT2D eigenvalue weighted by Crippen LogP contribution is 2.22. The van der Waals surface area contributed by atoms with E-state index in [2.05, 4.69) is 69.9 Å². The van der Waals surface area contributed by atoms with E-state index in [1.807, 2.05) is 0 Å². The second-order valence-corrected chi connectivity index (χ2v) is 6.45. The van der Waals surface area contributed by atoms with Gasteiger partial charge in [-0.3, -0.25) is 0 Å². The largest absolute Gasteiger partial charge is 0.313 e. The van der Waals surface area contributed by atoms with Crippen LogP contribution in [0.4, 0.5) is 0 Å². The zero-order chi connectivity index (χ0) is 13.5. The van der Waals surface area contributed by atoms with E-state index in [4.69, 9.17) is 0 Å². The van der Waals surface area contributed by atoms with Crippen molar-refractivity contribution in [2.45, 2.75) is 58.1 Å². The highest BCUT2D eigenvalue weighted by Gasteiger charge is 2.14. The van der Waals surface area contributed by atoms with Gasteiger partial charge in [-0.05, 0) is 32.4 Å². The van der Waals surface area contributed by atoms with Crippen molar-refractivity contribution >= 4 is 11.8 Å². The van der Waals surface area contributed by atoms with E-state index in [9.17, 15) is 0 Å². The molecule has 0 saturated heterocycles. The van der Waals surface area contributed by atoms with Crippen LogP contribution in [0.1, 0.15) is 43.9 Å². The van der Waals surface area contributed by atoms with E-state index < -0.39 is 0 Å². The first-order valence-electron chi connectivity index (χ1n) is 6.99. The fourth-order valence-electron chi connectivity index (χ4n) is 2.40. The number of nitrogens with one attached hydrogen (secondary N) is 1. The second kappa shape index (κ2) is 7.85. The Morgan fingerprint density at radius 1 is 1.11 bits per heavy atom. The van der Waals surface area contributed by atoms with Crippen LogP contribution in [-0.2, 0) is 5.75 Å². The molecule has 0 aliphatic carbocycles. The van der Waals surface area contributed by atoms with Crippen molar-refractivity contribution in [1.29, 1.82) is 0 Å². The quantitative estimate of drug-likeness (QED) is 0.788. The molecule has 0 bridgehead atoms. The minimum Gasteiger partial charge on any atom is -0.313 e. The monoisotopic (exact) mass is 265 g/mol. The molecule has 0 aliphatic rings. The van der Waals surface area contributed by atoms with Crippen molar-refractivity contribution in [3.63, 3.8) is 0 Å². The minimum atomic E-state index is 0.630. The predicted octanol–water partition coefficient (Wildman–Crippen LogP) is 4.31. The summed E-state index contributed by atoms with van der Waals surface area (Å²) in [5.74, 6) is 1.12. The summed E-state index contributed by atoms with van der Waals surface area (Å²) in [7, 11) is 0. The van der Waals surface area contributed by atoms with Crippen molar-refractivity contribution in [3.8, 4) is 0 Å². The molecule has 2 heteroatoms. The van der Waals surface area contributed by atoms with Gasteiger partial charge in [0, 0.05) is 17.0 Å². The topological polar surface area (TPSA) is 12.0 Å². The van der Waals surface area contributed by atoms with Gasteiger partial charge < -0.3 is 5.32 Å². The molecule has 0 spiro atoms. The molecule has 1 aromatic rings. The van der Waals surface area contributed by atoms with Gasteiger partial charge in [0.05, 0.1) is 0 Å². The number of rotatable bonds is 7. The number of thioether (sulfide) groups is 1. The molecule has 1 rings (SSSR count). The molecule has 2 atom stereocenters. The Hall–Kier alpha value is -0.470. The molecule has 1 N–H and O–H groups in total. The lowest BCUT2D eigenvalue weighted by molar-refractivity contribution is 0.509. The normalized spacial score (nSPS) is 14.5. The third kappa shape index (κ3) is 5.03. The van der Waals surface area contributed by atoms with E-state index in [1.54, 1.807) is 0 Å². The Morgan fingerprint density at radius 3 is 2.22 bits per heavy atom. The van der Waals surface area contributed by atoms with Gasteiger partial charge in [0.2, 0.25) is 0 Å². The lowest BCUT2D eigenvalue weighted by Crippen LogP contribution is -2.36. The number of hydrogen-bond acceptors (Lipinski definition) is 2. The SMILES string of the molecule is CCNC(CC)C(C)SCc1cc(C)cc(C)c1. The van der Waals surface area contributed by atoms with Crippen LogP contribution in [0.3, 0.4) is 0 Å². The average Bonchev–Trinajstić information content (AvgIpc) is 2.32. The zero-order valence-corrected chi connectivity index (χ0v) is 13.2. The molecule has 0 aliphatic heterocycles. The van der Waals surface area contributed by atoms with Gasteiger partial charge in [0.25, 0.3) is 0 Å². The molecule has 2 unspecified atom stereocenters. The van der Waals surface area contributed by atoms with Crippen LogP contribution in [0.2, 0.25) is 0 Å². The van der Waals surface area contributed by atoms with Gasteiger partial charge in [-0.1, -0.05) is 50.1 Å². The number of benzene rings is 1. The molecule has 0 radical (unpaired) electrons. The van der Waals surface area contributed by atoms with E-state index in [0.717, 1.165) is 12.3 Å². The average molecular weight is 265 g/mol. The van der Waals surface area contributed by atoms with Gasteiger partial charge in [0.15, 0.2) is 0 Å². The molecule has 0 heterocycles. The summed E-state index contributed by atoms with van der Waals surface area (Å²) in [4.78, 5) is 0. The summed E-state index contributed by atoms with van der Waals surface area (Å²) in [6.45, 7) is 12.2. The molecule has 1 aromatic carbocycles. The van der Waals surface area contributed by atoms with Crippen molar-refractivity contribution < 1.29 is 0 Å². The Labute approximate surface area is 117 Å². The van der Waals surface area contributed by atoms with Crippen molar-refractivity contribution in [1.82, 2.24) is 5.32 Å². The van der Waals surface area contributed by atoms with Crippen LogP contribution in [-0.4, -0.2) is 17.8 Å². The van der Waals surface area contributed by atoms with E-state index >= 15 is 0 Å². The van der Waals surface area contributed by atoms with Gasteiger partial charge in [0.1, 0.15) is 0 Å². The summed E-state index contributed by atoms with van der Waals surface area (Å²) >= 11 is 2.06. The summed E-state index contributed by atoms with van der Waals surface area (Å²) in [5, 5.41) is 4.23. The lowest BCUT2D eigenvalue weighted by atomic mass is 10.1. The van der Waals surface area contributed by atoms with Crippen molar-refractivity contribution in [2.75, 3.05) is 6.54 Å². The maximum atomic E-state index is 3.57. The third-order valence-corrected chi connectivity index (χ3v) is 4.62. The Balaban J connectivity index is 2.53. The van der Waals surface area contributed by atoms with E-state index in [-0.39, 0.29) is 0 Å². The molecule has 0 aromatic heterocycles. The number of aryl methyl sites for hydroxylation is 2. The maximum absolute atomic E-state index is 3.57. The first kappa shape index (κ1) is 15.6. The fourth-order valence-corrected chi connectivity index (χ4v) is 3.54. The molecule has 102 valence electrons. The summed E-state index contributed by atoms with van der Waals surface area (Å²) in [6, 6.07) is 7.48. The number of hydrogen-bond donors (Lipinski definition) is 1. The van der Waals surface area contributed by atoms with Gasteiger partial charge in [-0.15, -0.1) is 0 Å². The van der Waals surface area contributed by atoms with Crippen LogP contribution >= 0.6 is 11.8 Å². The summed E-state index contributed by atoms with van der Waals surface area (Å²) in [5.41, 5.74) is 4.20. The van der Waals surface area contributed by atoms with Crippen LogP contribution in [0.25, 0.3) is 0 Å². The molecular formula is C16H27NS. The Morgan fingerprint density at radius 2 is 1.72 bits per heavy atom. The standard InChI is InChI=1S/C16H27NS/c1-6-16(17-7-2)14(5)18-11-15-9-12(3)8-13(4)10-15/h8-10,14,16-17H,6-7,11H2,1-5H3. The Bertz CT molecular complexity index is 342. The van der Waals surface area contributed by atoms with Crippen molar-refractivity contribution in [3.05, 3.63) is 34.9 Å². The molecule has 1 nitrogen and oxygen atoms in total. The highest BCUT2D eigenvalue weighted by molar-refractivity contribution is 7.99. The molecule has 0 amide bonds. The smallest absolute Gasteiger partial charge is 0.0188 e. The van der Waals surface area contributed by atoms with E-state index in [0.29, 0.717) is 11.3 Å². The second-order valence-electron chi connectivity index (χ2n) is 5.08. The highest BCUT2D eigenvalue weighted by atomic mass is 32.2. The predicted molar refractivity (Wildman–Crippen MR) is 84.4 cm³/mol. The fraction of sp³-hybridized carbons (Fsp3) is 0.625.